The predicted octanol–water partition coefficient (Wildman–Crippen LogP) is 3.70. The first-order chi connectivity index (χ1) is 5.36. The molecule has 0 nitrogen and oxygen atoms in total. The van der Waals surface area contributed by atoms with Crippen LogP contribution in [0.1, 0.15) is 39.5 Å². The van der Waals surface area contributed by atoms with E-state index in [0.717, 1.165) is 12.3 Å². The summed E-state index contributed by atoms with van der Waals surface area (Å²) in [6.45, 7) is 4.44. The fourth-order valence-electron chi connectivity index (χ4n) is 1.52. The lowest BCUT2D eigenvalue weighted by Crippen LogP contribution is -2.07. The maximum absolute atomic E-state index is 2.41. The molecule has 1 aliphatic carbocycles. The van der Waals surface area contributed by atoms with Gasteiger partial charge in [-0.25, -0.2) is 0 Å². The van der Waals surface area contributed by atoms with E-state index in [9.17, 15) is 0 Å². The number of rotatable bonds is 4. The molecule has 0 spiro atoms. The summed E-state index contributed by atoms with van der Waals surface area (Å²) < 4.78 is 0. The van der Waals surface area contributed by atoms with Crippen molar-refractivity contribution in [1.29, 1.82) is 0 Å². The topological polar surface area (TPSA) is 0 Å². The van der Waals surface area contributed by atoms with Gasteiger partial charge in [0.25, 0.3) is 0 Å². The lowest BCUT2D eigenvalue weighted by molar-refractivity contribution is 0.532. The molecule has 0 radical (unpaired) electrons. The molecule has 0 aromatic rings. The molecular formula is C11H18. The van der Waals surface area contributed by atoms with Crippen molar-refractivity contribution in [3.63, 3.8) is 0 Å². The van der Waals surface area contributed by atoms with Crippen molar-refractivity contribution in [3.05, 3.63) is 23.8 Å². The van der Waals surface area contributed by atoms with Gasteiger partial charge in [-0.15, -0.1) is 0 Å². The van der Waals surface area contributed by atoms with Gasteiger partial charge in [0.15, 0.2) is 0 Å². The third-order valence-electron chi connectivity index (χ3n) is 2.17. The Kier molecular flexibility index (Phi) is 3.41. The average molecular weight is 150 g/mol. The second kappa shape index (κ2) is 4.38. The van der Waals surface area contributed by atoms with E-state index in [1.165, 1.54) is 19.3 Å². The van der Waals surface area contributed by atoms with Crippen LogP contribution in [0.2, 0.25) is 0 Å². The summed E-state index contributed by atoms with van der Waals surface area (Å²) in [6, 6.07) is 0. The molecular weight excluding hydrogens is 132 g/mol. The van der Waals surface area contributed by atoms with E-state index < -0.39 is 0 Å². The Hall–Kier alpha value is -0.520. The van der Waals surface area contributed by atoms with Crippen molar-refractivity contribution >= 4 is 0 Å². The van der Waals surface area contributed by atoms with Gasteiger partial charge in [-0.2, -0.15) is 0 Å². The van der Waals surface area contributed by atoms with Crippen LogP contribution in [0.5, 0.6) is 0 Å². The Morgan fingerprint density at radius 2 is 2.27 bits per heavy atom. The Balaban J connectivity index is 2.22. The molecule has 0 saturated heterocycles. The Bertz CT molecular complexity index is 163. The Labute approximate surface area is 70.0 Å². The molecule has 0 bridgehead atoms. The molecule has 1 rings (SSSR count). The van der Waals surface area contributed by atoms with Crippen LogP contribution in [0.3, 0.4) is 0 Å². The first kappa shape index (κ1) is 8.58. The van der Waals surface area contributed by atoms with Gasteiger partial charge in [0.2, 0.25) is 0 Å². The van der Waals surface area contributed by atoms with Crippen molar-refractivity contribution in [2.45, 2.75) is 39.5 Å². The minimum atomic E-state index is 0.900. The van der Waals surface area contributed by atoms with Crippen LogP contribution in [0, 0.1) is 5.92 Å². The fraction of sp³-hybridized carbons (Fsp3) is 0.636. The van der Waals surface area contributed by atoms with Gasteiger partial charge in [-0.1, -0.05) is 44.1 Å². The molecule has 1 aliphatic rings. The lowest BCUT2D eigenvalue weighted by atomic mass is 9.83. The van der Waals surface area contributed by atoms with Crippen molar-refractivity contribution in [2.75, 3.05) is 0 Å². The monoisotopic (exact) mass is 150 g/mol. The van der Waals surface area contributed by atoms with E-state index in [1.807, 2.05) is 0 Å². The summed E-state index contributed by atoms with van der Waals surface area (Å²) in [5, 5.41) is 0. The summed E-state index contributed by atoms with van der Waals surface area (Å²) in [5.41, 5.74) is 1.55. The van der Waals surface area contributed by atoms with E-state index in [-0.39, 0.29) is 0 Å². The van der Waals surface area contributed by atoms with Gasteiger partial charge in [-0.05, 0) is 25.2 Å². The molecule has 0 heteroatoms. The van der Waals surface area contributed by atoms with Crippen molar-refractivity contribution in [3.8, 4) is 0 Å². The highest BCUT2D eigenvalue weighted by molar-refractivity contribution is 5.28. The molecule has 0 aliphatic heterocycles. The van der Waals surface area contributed by atoms with Crippen molar-refractivity contribution in [1.82, 2.24) is 0 Å². The molecule has 0 aromatic heterocycles. The van der Waals surface area contributed by atoms with Crippen LogP contribution in [0.25, 0.3) is 0 Å². The number of allylic oxidation sites excluding steroid dienone is 4. The molecule has 0 aromatic carbocycles. The maximum Gasteiger partial charge on any atom is -0.0187 e. The second-order valence-corrected chi connectivity index (χ2v) is 3.31. The zero-order valence-corrected chi connectivity index (χ0v) is 7.64. The van der Waals surface area contributed by atoms with E-state index in [0.29, 0.717) is 0 Å². The van der Waals surface area contributed by atoms with Crippen molar-refractivity contribution < 1.29 is 0 Å². The van der Waals surface area contributed by atoms with Gasteiger partial charge in [0, 0.05) is 0 Å². The highest BCUT2D eigenvalue weighted by Crippen LogP contribution is 2.30. The molecule has 0 N–H and O–H groups in total. The van der Waals surface area contributed by atoms with E-state index >= 15 is 0 Å². The second-order valence-electron chi connectivity index (χ2n) is 3.31. The minimum Gasteiger partial charge on any atom is -0.0845 e. The van der Waals surface area contributed by atoms with Gasteiger partial charge in [0.1, 0.15) is 0 Å². The SMILES string of the molecule is CC/C=C\C1=CC(CCC)C1. The summed E-state index contributed by atoms with van der Waals surface area (Å²) in [7, 11) is 0. The van der Waals surface area contributed by atoms with Gasteiger partial charge < -0.3 is 0 Å². The largest absolute Gasteiger partial charge is 0.0845 e. The zero-order valence-electron chi connectivity index (χ0n) is 7.64. The number of hydrogen-bond acceptors (Lipinski definition) is 0. The van der Waals surface area contributed by atoms with Crippen LogP contribution in [-0.4, -0.2) is 0 Å². The van der Waals surface area contributed by atoms with E-state index in [4.69, 9.17) is 0 Å². The predicted molar refractivity (Wildman–Crippen MR) is 50.5 cm³/mol. The third kappa shape index (κ3) is 2.53. The molecule has 0 saturated carbocycles. The molecule has 0 fully saturated rings. The van der Waals surface area contributed by atoms with Gasteiger partial charge >= 0.3 is 0 Å². The Morgan fingerprint density at radius 3 is 2.82 bits per heavy atom. The standard InChI is InChI=1S/C11H18/c1-3-5-7-11-8-10(9-11)6-4-2/h5,7-8,10H,3-4,6,9H2,1-2H3/b7-5-. The smallest absolute Gasteiger partial charge is 0.0187 e. The molecule has 62 valence electrons. The summed E-state index contributed by atoms with van der Waals surface area (Å²) >= 11 is 0. The minimum absolute atomic E-state index is 0.900. The Morgan fingerprint density at radius 1 is 1.55 bits per heavy atom. The first-order valence-electron chi connectivity index (χ1n) is 4.74. The van der Waals surface area contributed by atoms with Crippen LogP contribution >= 0.6 is 0 Å². The molecule has 0 heterocycles. The van der Waals surface area contributed by atoms with Crippen LogP contribution in [-0.2, 0) is 0 Å². The molecule has 1 atom stereocenters. The lowest BCUT2D eigenvalue weighted by Gasteiger charge is -2.22. The van der Waals surface area contributed by atoms with Gasteiger partial charge in [0.05, 0.1) is 0 Å². The average Bonchev–Trinajstić information content (AvgIpc) is 1.94. The summed E-state index contributed by atoms with van der Waals surface area (Å²) in [4.78, 5) is 0. The highest BCUT2D eigenvalue weighted by Gasteiger charge is 2.14. The number of hydrogen-bond donors (Lipinski definition) is 0. The third-order valence-corrected chi connectivity index (χ3v) is 2.17. The first-order valence-corrected chi connectivity index (χ1v) is 4.74. The normalized spacial score (nSPS) is 23.5. The zero-order chi connectivity index (χ0) is 8.10. The fourth-order valence-corrected chi connectivity index (χ4v) is 1.52. The highest BCUT2D eigenvalue weighted by atomic mass is 14.2. The quantitative estimate of drug-likeness (QED) is 0.573. The summed E-state index contributed by atoms with van der Waals surface area (Å²) in [5.74, 6) is 0.900. The van der Waals surface area contributed by atoms with Crippen LogP contribution in [0.15, 0.2) is 23.8 Å². The van der Waals surface area contributed by atoms with Crippen LogP contribution < -0.4 is 0 Å². The van der Waals surface area contributed by atoms with Crippen LogP contribution in [0.4, 0.5) is 0 Å². The molecule has 11 heavy (non-hydrogen) atoms. The van der Waals surface area contributed by atoms with Gasteiger partial charge in [-0.3, -0.25) is 0 Å². The van der Waals surface area contributed by atoms with E-state index in [1.54, 1.807) is 5.57 Å². The molecule has 0 amide bonds. The molecule has 1 unspecified atom stereocenters. The van der Waals surface area contributed by atoms with Crippen molar-refractivity contribution in [2.24, 2.45) is 5.92 Å². The van der Waals surface area contributed by atoms with E-state index in [2.05, 4.69) is 32.1 Å². The maximum atomic E-state index is 2.41. The summed E-state index contributed by atoms with van der Waals surface area (Å²) in [6.07, 6.45) is 12.1.